The van der Waals surface area contributed by atoms with Crippen LogP contribution in [0.3, 0.4) is 0 Å². The minimum atomic E-state index is -0.222. The number of thiophene rings is 1. The second kappa shape index (κ2) is 7.25. The number of fused-ring (bicyclic) bond motifs is 2. The summed E-state index contributed by atoms with van der Waals surface area (Å²) in [4.78, 5) is 30.6. The number of amides is 1. The molecule has 4 rings (SSSR count). The van der Waals surface area contributed by atoms with Gasteiger partial charge in [-0.3, -0.25) is 14.2 Å². The Morgan fingerprint density at radius 1 is 1.23 bits per heavy atom. The van der Waals surface area contributed by atoms with E-state index in [0.29, 0.717) is 16.6 Å². The first-order chi connectivity index (χ1) is 12.7. The quantitative estimate of drug-likeness (QED) is 0.717. The highest BCUT2D eigenvalue weighted by atomic mass is 32.1. The molecule has 3 aromatic rings. The van der Waals surface area contributed by atoms with Gasteiger partial charge in [-0.1, -0.05) is 12.5 Å². The number of anilines is 1. The molecule has 0 saturated carbocycles. The fourth-order valence-electron chi connectivity index (χ4n) is 3.22. The van der Waals surface area contributed by atoms with E-state index in [1.807, 2.05) is 17.5 Å². The summed E-state index contributed by atoms with van der Waals surface area (Å²) >= 11 is 1.57. The van der Waals surface area contributed by atoms with E-state index in [2.05, 4.69) is 10.3 Å². The monoisotopic (exact) mass is 365 g/mol. The number of nitrogens with one attached hydrogen (secondary N) is 1. The number of carbonyl (C=O) groups is 1. The zero-order valence-electron chi connectivity index (χ0n) is 14.3. The van der Waals surface area contributed by atoms with Crippen LogP contribution in [-0.4, -0.2) is 15.5 Å². The molecule has 0 aliphatic carbocycles. The van der Waals surface area contributed by atoms with Gasteiger partial charge in [-0.25, -0.2) is 4.98 Å². The molecule has 26 heavy (non-hydrogen) atoms. The number of aromatic nitrogens is 2. The molecule has 0 atom stereocenters. The molecule has 1 aliphatic rings. The lowest BCUT2D eigenvalue weighted by atomic mass is 10.2. The Morgan fingerprint density at radius 3 is 3.00 bits per heavy atom. The van der Waals surface area contributed by atoms with Crippen molar-refractivity contribution < 1.29 is 4.79 Å². The Labute approximate surface area is 155 Å². The number of aryl methyl sites for hydroxylation is 1. The van der Waals surface area contributed by atoms with Gasteiger partial charge < -0.3 is 5.32 Å². The summed E-state index contributed by atoms with van der Waals surface area (Å²) in [6, 6.07) is 9.21. The molecular weight excluding hydrogens is 346 g/mol. The molecule has 1 N–H and O–H groups in total. The van der Waals surface area contributed by atoms with Crippen molar-refractivity contribution in [2.75, 3.05) is 5.32 Å². The topological polar surface area (TPSA) is 64.0 Å². The molecule has 132 valence electrons. The van der Waals surface area contributed by atoms with Crippen molar-refractivity contribution in [3.05, 3.63) is 62.8 Å². The summed E-state index contributed by atoms with van der Waals surface area (Å²) in [5.41, 5.74) is 1.28. The van der Waals surface area contributed by atoms with E-state index in [1.165, 1.54) is 6.08 Å². The van der Waals surface area contributed by atoms with E-state index in [0.717, 1.165) is 42.9 Å². The van der Waals surface area contributed by atoms with Crippen molar-refractivity contribution in [3.8, 4) is 0 Å². The van der Waals surface area contributed by atoms with Crippen molar-refractivity contribution in [3.63, 3.8) is 0 Å². The minimum absolute atomic E-state index is 0.0165. The van der Waals surface area contributed by atoms with E-state index in [9.17, 15) is 9.59 Å². The third-order valence-electron chi connectivity index (χ3n) is 4.52. The Morgan fingerprint density at radius 2 is 2.15 bits per heavy atom. The lowest BCUT2D eigenvalue weighted by molar-refractivity contribution is -0.111. The van der Waals surface area contributed by atoms with Gasteiger partial charge in [0.1, 0.15) is 5.82 Å². The summed E-state index contributed by atoms with van der Waals surface area (Å²) in [6.07, 6.45) is 7.32. The van der Waals surface area contributed by atoms with Crippen LogP contribution in [0.4, 0.5) is 5.69 Å². The van der Waals surface area contributed by atoms with Crippen LogP contribution in [-0.2, 0) is 17.8 Å². The second-order valence-corrected chi connectivity index (χ2v) is 7.34. The summed E-state index contributed by atoms with van der Waals surface area (Å²) < 4.78 is 1.79. The summed E-state index contributed by atoms with van der Waals surface area (Å²) in [7, 11) is 0. The van der Waals surface area contributed by atoms with Crippen LogP contribution in [0.1, 0.15) is 30.0 Å². The summed E-state index contributed by atoms with van der Waals surface area (Å²) in [6.45, 7) is 0.719. The fourth-order valence-corrected chi connectivity index (χ4v) is 3.84. The molecule has 1 aliphatic heterocycles. The van der Waals surface area contributed by atoms with Crippen molar-refractivity contribution in [2.45, 2.75) is 32.2 Å². The largest absolute Gasteiger partial charge is 0.322 e. The van der Waals surface area contributed by atoms with Crippen LogP contribution in [0.5, 0.6) is 0 Å². The first kappa shape index (κ1) is 16.7. The highest BCUT2D eigenvalue weighted by molar-refractivity contribution is 7.10. The Kier molecular flexibility index (Phi) is 4.67. The van der Waals surface area contributed by atoms with Crippen molar-refractivity contribution in [1.82, 2.24) is 9.55 Å². The number of nitrogens with zero attached hydrogens (tertiary/aromatic N) is 2. The standard InChI is InChI=1S/C20H19N3O2S/c24-19(10-8-15-5-4-12-26-15)21-14-7-9-17-16(13-14)20(25)23-11-3-1-2-6-18(23)22-17/h4-5,7-10,12-13H,1-3,6,11H2,(H,21,24). The summed E-state index contributed by atoms with van der Waals surface area (Å²) in [5, 5.41) is 5.33. The van der Waals surface area contributed by atoms with Gasteiger partial charge in [0.15, 0.2) is 0 Å². The van der Waals surface area contributed by atoms with Crippen LogP contribution in [0.15, 0.2) is 46.6 Å². The predicted molar refractivity (Wildman–Crippen MR) is 106 cm³/mol. The molecule has 1 amide bonds. The van der Waals surface area contributed by atoms with Gasteiger partial charge in [0.2, 0.25) is 5.91 Å². The molecule has 0 spiro atoms. The van der Waals surface area contributed by atoms with Gasteiger partial charge in [-0.15, -0.1) is 11.3 Å². The first-order valence-corrected chi connectivity index (χ1v) is 9.65. The van der Waals surface area contributed by atoms with E-state index in [-0.39, 0.29) is 11.5 Å². The second-order valence-electron chi connectivity index (χ2n) is 6.37. The average Bonchev–Trinajstić information content (AvgIpc) is 3.05. The summed E-state index contributed by atoms with van der Waals surface area (Å²) in [5.74, 6) is 0.649. The fraction of sp³-hybridized carbons (Fsp3) is 0.250. The van der Waals surface area contributed by atoms with Crippen molar-refractivity contribution in [2.24, 2.45) is 0 Å². The van der Waals surface area contributed by atoms with Gasteiger partial charge >= 0.3 is 0 Å². The van der Waals surface area contributed by atoms with Gasteiger partial charge in [-0.05, 0) is 48.6 Å². The number of carbonyl (C=O) groups excluding carboxylic acids is 1. The maximum absolute atomic E-state index is 12.8. The Bertz CT molecular complexity index is 1040. The van der Waals surface area contributed by atoms with E-state index >= 15 is 0 Å². The normalized spacial score (nSPS) is 14.3. The Balaban J connectivity index is 1.62. The smallest absolute Gasteiger partial charge is 0.261 e. The zero-order valence-corrected chi connectivity index (χ0v) is 15.1. The molecule has 0 saturated heterocycles. The molecule has 5 nitrogen and oxygen atoms in total. The highest BCUT2D eigenvalue weighted by Gasteiger charge is 2.14. The van der Waals surface area contributed by atoms with Crippen LogP contribution in [0, 0.1) is 0 Å². The molecule has 0 bridgehead atoms. The molecule has 0 fully saturated rings. The SMILES string of the molecule is O=C(C=Cc1cccs1)Nc1ccc2nc3n(c(=O)c2c1)CCCCC3. The number of hydrogen-bond acceptors (Lipinski definition) is 4. The van der Waals surface area contributed by atoms with Gasteiger partial charge in [0.05, 0.1) is 10.9 Å². The number of rotatable bonds is 3. The van der Waals surface area contributed by atoms with Crippen molar-refractivity contribution >= 4 is 39.9 Å². The highest BCUT2D eigenvalue weighted by Crippen LogP contribution is 2.18. The van der Waals surface area contributed by atoms with Gasteiger partial charge in [0, 0.05) is 29.6 Å². The van der Waals surface area contributed by atoms with E-state index < -0.39 is 0 Å². The van der Waals surface area contributed by atoms with Crippen LogP contribution >= 0.6 is 11.3 Å². The lowest BCUT2D eigenvalue weighted by Gasteiger charge is -2.11. The first-order valence-electron chi connectivity index (χ1n) is 8.77. The third-order valence-corrected chi connectivity index (χ3v) is 5.36. The van der Waals surface area contributed by atoms with Crippen LogP contribution in [0.2, 0.25) is 0 Å². The lowest BCUT2D eigenvalue weighted by Crippen LogP contribution is -2.24. The van der Waals surface area contributed by atoms with Gasteiger partial charge in [0.25, 0.3) is 5.56 Å². The Hall–Kier alpha value is -2.73. The molecule has 3 heterocycles. The molecule has 6 heteroatoms. The molecule has 1 aromatic carbocycles. The molecule has 0 unspecified atom stereocenters. The van der Waals surface area contributed by atoms with Crippen LogP contribution in [0.25, 0.3) is 17.0 Å². The average molecular weight is 365 g/mol. The maximum Gasteiger partial charge on any atom is 0.261 e. The molecule has 2 aromatic heterocycles. The van der Waals surface area contributed by atoms with E-state index in [4.69, 9.17) is 0 Å². The predicted octanol–water partition coefficient (Wildman–Crippen LogP) is 3.84. The van der Waals surface area contributed by atoms with Crippen LogP contribution < -0.4 is 10.9 Å². The van der Waals surface area contributed by atoms with Gasteiger partial charge in [-0.2, -0.15) is 0 Å². The number of benzene rings is 1. The molecular formula is C20H19N3O2S. The molecule has 0 radical (unpaired) electrons. The van der Waals surface area contributed by atoms with Crippen molar-refractivity contribution in [1.29, 1.82) is 0 Å². The number of hydrogen-bond donors (Lipinski definition) is 1. The van der Waals surface area contributed by atoms with E-state index in [1.54, 1.807) is 40.2 Å². The maximum atomic E-state index is 12.8. The minimum Gasteiger partial charge on any atom is -0.322 e. The zero-order chi connectivity index (χ0) is 17.9. The third kappa shape index (κ3) is 3.46.